The summed E-state index contributed by atoms with van der Waals surface area (Å²) in [6.45, 7) is -0.683. The predicted molar refractivity (Wildman–Crippen MR) is 65.2 cm³/mol. The van der Waals surface area contributed by atoms with E-state index in [-0.39, 0.29) is 0 Å². The molecule has 1 saturated heterocycles. The Hall–Kier alpha value is -1.33. The lowest BCUT2D eigenvalue weighted by Gasteiger charge is -2.16. The smallest absolute Gasteiger partial charge is 0.387 e. The lowest BCUT2D eigenvalue weighted by atomic mass is 10.1. The molecule has 12 heteroatoms. The highest BCUT2D eigenvalue weighted by Gasteiger charge is 2.44. The molecule has 2 rings (SSSR count). The van der Waals surface area contributed by atoms with Crippen LogP contribution in [0.1, 0.15) is 6.23 Å². The molecule has 1 aromatic heterocycles. The van der Waals surface area contributed by atoms with Gasteiger partial charge in [0, 0.05) is 12.3 Å². The van der Waals surface area contributed by atoms with Crippen LogP contribution < -0.4 is 11.2 Å². The Morgan fingerprint density at radius 1 is 1.33 bits per heavy atom. The van der Waals surface area contributed by atoms with Crippen LogP contribution in [-0.2, 0) is 13.8 Å². The van der Waals surface area contributed by atoms with Crippen LogP contribution in [0, 0.1) is 0 Å². The van der Waals surface area contributed by atoms with Gasteiger partial charge >= 0.3 is 13.5 Å². The molecular formula is C9H13N2O9P. The number of phosphoric acid groups is 1. The number of rotatable bonds is 4. The van der Waals surface area contributed by atoms with Gasteiger partial charge in [-0.1, -0.05) is 0 Å². The Kier molecular flexibility index (Phi) is 4.44. The van der Waals surface area contributed by atoms with E-state index in [1.807, 2.05) is 4.98 Å². The highest BCUT2D eigenvalue weighted by molar-refractivity contribution is 7.46. The summed E-state index contributed by atoms with van der Waals surface area (Å²) in [4.78, 5) is 41.6. The van der Waals surface area contributed by atoms with Gasteiger partial charge in [-0.2, -0.15) is 0 Å². The molecule has 0 spiro atoms. The first-order valence-corrected chi connectivity index (χ1v) is 7.25. The molecule has 1 unspecified atom stereocenters. The fourth-order valence-corrected chi connectivity index (χ4v) is 2.24. The molecule has 4 atom stereocenters. The average molecular weight is 324 g/mol. The summed E-state index contributed by atoms with van der Waals surface area (Å²) in [5.41, 5.74) is -1.51. The van der Waals surface area contributed by atoms with E-state index in [1.54, 1.807) is 0 Å². The second-order valence-corrected chi connectivity index (χ2v) is 5.59. The minimum absolute atomic E-state index is 0.648. The van der Waals surface area contributed by atoms with Crippen molar-refractivity contribution < 1.29 is 33.8 Å². The number of nitrogens with one attached hydrogen (secondary N) is 1. The van der Waals surface area contributed by atoms with E-state index in [4.69, 9.17) is 14.5 Å². The number of hydrogen-bond acceptors (Lipinski definition) is 7. The maximum absolute atomic E-state index is 11.6. The monoisotopic (exact) mass is 324 g/mol. The van der Waals surface area contributed by atoms with E-state index in [0.717, 1.165) is 16.8 Å². The molecule has 0 aromatic carbocycles. The average Bonchev–Trinajstić information content (AvgIpc) is 2.64. The van der Waals surface area contributed by atoms with Crippen molar-refractivity contribution in [3.63, 3.8) is 0 Å². The molecule has 118 valence electrons. The quantitative estimate of drug-likeness (QED) is 0.368. The van der Waals surface area contributed by atoms with E-state index in [9.17, 15) is 24.4 Å². The van der Waals surface area contributed by atoms with Gasteiger partial charge in [0.15, 0.2) is 6.23 Å². The largest absolute Gasteiger partial charge is 0.469 e. The highest BCUT2D eigenvalue weighted by atomic mass is 31.2. The van der Waals surface area contributed by atoms with Gasteiger partial charge in [0.2, 0.25) is 0 Å². The van der Waals surface area contributed by atoms with E-state index >= 15 is 0 Å². The van der Waals surface area contributed by atoms with Gasteiger partial charge < -0.3 is 24.7 Å². The first-order valence-electron chi connectivity index (χ1n) is 5.72. The van der Waals surface area contributed by atoms with Crippen molar-refractivity contribution in [3.8, 4) is 0 Å². The SMILES string of the molecule is O=c1ccn(C2O[C@@H](COP(=O)(O)O)[C@H](O)[C@@H]2O)c(=O)[nH]1. The number of aromatic amines is 1. The maximum atomic E-state index is 11.6. The summed E-state index contributed by atoms with van der Waals surface area (Å²) < 4.78 is 20.8. The second kappa shape index (κ2) is 5.81. The molecule has 1 aliphatic heterocycles. The van der Waals surface area contributed by atoms with Crippen LogP contribution in [0.5, 0.6) is 0 Å². The van der Waals surface area contributed by atoms with Crippen LogP contribution >= 0.6 is 7.82 Å². The number of H-pyrrole nitrogens is 1. The maximum Gasteiger partial charge on any atom is 0.469 e. The fourth-order valence-electron chi connectivity index (χ4n) is 1.89. The molecule has 1 aromatic rings. The van der Waals surface area contributed by atoms with E-state index in [1.165, 1.54) is 0 Å². The Morgan fingerprint density at radius 3 is 2.57 bits per heavy atom. The zero-order chi connectivity index (χ0) is 15.8. The lowest BCUT2D eigenvalue weighted by Crippen LogP contribution is -2.37. The van der Waals surface area contributed by atoms with Gasteiger partial charge in [-0.25, -0.2) is 9.36 Å². The minimum Gasteiger partial charge on any atom is -0.387 e. The lowest BCUT2D eigenvalue weighted by molar-refractivity contribution is -0.0543. The van der Waals surface area contributed by atoms with Crippen LogP contribution in [-0.4, -0.2) is 54.5 Å². The second-order valence-electron chi connectivity index (χ2n) is 4.35. The molecule has 0 amide bonds. The zero-order valence-corrected chi connectivity index (χ0v) is 11.3. The van der Waals surface area contributed by atoms with E-state index in [0.29, 0.717) is 0 Å². The summed E-state index contributed by atoms with van der Waals surface area (Å²) in [7, 11) is -4.76. The predicted octanol–water partition coefficient (Wildman–Crippen LogP) is -2.73. The summed E-state index contributed by atoms with van der Waals surface area (Å²) in [5.74, 6) is 0. The number of aliphatic hydroxyl groups excluding tert-OH is 2. The van der Waals surface area contributed by atoms with E-state index < -0.39 is 50.2 Å². The van der Waals surface area contributed by atoms with Gasteiger partial charge in [-0.15, -0.1) is 0 Å². The highest BCUT2D eigenvalue weighted by Crippen LogP contribution is 2.38. The van der Waals surface area contributed by atoms with Crippen molar-refractivity contribution in [2.24, 2.45) is 0 Å². The molecule has 11 nitrogen and oxygen atoms in total. The Labute approximate surface area is 116 Å². The van der Waals surface area contributed by atoms with Gasteiger partial charge in [-0.3, -0.25) is 18.9 Å². The molecule has 2 heterocycles. The van der Waals surface area contributed by atoms with Crippen molar-refractivity contribution in [1.82, 2.24) is 9.55 Å². The molecule has 5 N–H and O–H groups in total. The van der Waals surface area contributed by atoms with Crippen LogP contribution in [0.25, 0.3) is 0 Å². The zero-order valence-electron chi connectivity index (χ0n) is 10.4. The van der Waals surface area contributed by atoms with Gasteiger partial charge in [0.25, 0.3) is 5.56 Å². The molecule has 1 aliphatic rings. The van der Waals surface area contributed by atoms with Crippen molar-refractivity contribution in [2.45, 2.75) is 24.5 Å². The molecule has 1 fully saturated rings. The van der Waals surface area contributed by atoms with Gasteiger partial charge in [0.05, 0.1) is 6.61 Å². The fraction of sp³-hybridized carbons (Fsp3) is 0.556. The third-order valence-corrected chi connectivity index (χ3v) is 3.35. The molecule has 0 aliphatic carbocycles. The summed E-state index contributed by atoms with van der Waals surface area (Å²) in [5, 5.41) is 19.6. The van der Waals surface area contributed by atoms with Crippen LogP contribution in [0.2, 0.25) is 0 Å². The Balaban J connectivity index is 2.18. The van der Waals surface area contributed by atoms with Crippen LogP contribution in [0.4, 0.5) is 0 Å². The number of aromatic nitrogens is 2. The van der Waals surface area contributed by atoms with Crippen molar-refractivity contribution in [1.29, 1.82) is 0 Å². The normalized spacial score (nSPS) is 29.7. The van der Waals surface area contributed by atoms with Crippen molar-refractivity contribution in [2.75, 3.05) is 6.61 Å². The topological polar surface area (TPSA) is 171 Å². The summed E-state index contributed by atoms with van der Waals surface area (Å²) >= 11 is 0. The third-order valence-electron chi connectivity index (χ3n) is 2.87. The van der Waals surface area contributed by atoms with Crippen LogP contribution in [0.3, 0.4) is 0 Å². The summed E-state index contributed by atoms with van der Waals surface area (Å²) in [6.07, 6.45) is -4.58. The summed E-state index contributed by atoms with van der Waals surface area (Å²) in [6, 6.07) is 1.02. The minimum atomic E-state index is -4.76. The molecular weight excluding hydrogens is 311 g/mol. The van der Waals surface area contributed by atoms with Crippen LogP contribution in [0.15, 0.2) is 21.9 Å². The Morgan fingerprint density at radius 2 is 2.00 bits per heavy atom. The first kappa shape index (κ1) is 16.0. The molecule has 21 heavy (non-hydrogen) atoms. The van der Waals surface area contributed by atoms with Crippen molar-refractivity contribution in [3.05, 3.63) is 33.1 Å². The van der Waals surface area contributed by atoms with Crippen molar-refractivity contribution >= 4 is 7.82 Å². The third kappa shape index (κ3) is 3.66. The first-order chi connectivity index (χ1) is 9.69. The van der Waals surface area contributed by atoms with Gasteiger partial charge in [0.1, 0.15) is 18.3 Å². The number of hydrogen-bond donors (Lipinski definition) is 5. The standard InChI is InChI=1S/C9H13N2O9P/c12-5-1-2-11(9(15)10-5)8-7(14)6(13)4(20-8)3-19-21(16,17)18/h1-2,4,6-8,13-14H,3H2,(H,10,12,15)(H2,16,17,18)/t4-,6-,7-,8?/m0/s1. The molecule has 0 radical (unpaired) electrons. The molecule has 0 bridgehead atoms. The number of ether oxygens (including phenoxy) is 1. The number of nitrogens with zero attached hydrogens (tertiary/aromatic N) is 1. The van der Waals surface area contributed by atoms with Gasteiger partial charge in [-0.05, 0) is 0 Å². The Bertz CT molecular complexity index is 664. The molecule has 0 saturated carbocycles. The van der Waals surface area contributed by atoms with E-state index in [2.05, 4.69) is 4.52 Å². The number of aliphatic hydroxyl groups is 2. The number of phosphoric ester groups is 1.